The number of anilines is 1. The molecule has 0 amide bonds. The van der Waals surface area contributed by atoms with E-state index in [1.807, 2.05) is 6.07 Å². The van der Waals surface area contributed by atoms with Crippen molar-refractivity contribution in [2.45, 2.75) is 32.7 Å². The molecule has 0 saturated carbocycles. The molecule has 0 bridgehead atoms. The van der Waals surface area contributed by atoms with Gasteiger partial charge in [-0.2, -0.15) is 0 Å². The Bertz CT molecular complexity index is 714. The van der Waals surface area contributed by atoms with Crippen LogP contribution < -0.4 is 15.8 Å². The molecule has 0 fully saturated rings. The van der Waals surface area contributed by atoms with E-state index in [1.165, 1.54) is 0 Å². The van der Waals surface area contributed by atoms with Gasteiger partial charge in [0.2, 0.25) is 0 Å². The molecule has 1 aromatic heterocycles. The Balaban J connectivity index is 0.00000288. The molecule has 132 valence electrons. The molecule has 0 aliphatic rings. The Morgan fingerprint density at radius 2 is 2.08 bits per heavy atom. The number of nitrogens with one attached hydrogen (secondary N) is 1. The molecule has 3 N–H and O–H groups in total. The van der Waals surface area contributed by atoms with Crippen LogP contribution in [0.25, 0.3) is 0 Å². The van der Waals surface area contributed by atoms with E-state index >= 15 is 0 Å². The Morgan fingerprint density at radius 1 is 1.38 bits per heavy atom. The van der Waals surface area contributed by atoms with Crippen LogP contribution in [0, 0.1) is 0 Å². The Hall–Kier alpha value is -1.13. The fraction of sp³-hybridized carbons (Fsp3) is 0.400. The predicted molar refractivity (Wildman–Crippen MR) is 111 cm³/mol. The summed E-state index contributed by atoms with van der Waals surface area (Å²) in [6.45, 7) is 6.69. The minimum absolute atomic E-state index is 0. The van der Waals surface area contributed by atoms with Gasteiger partial charge in [-0.1, -0.05) is 43.7 Å². The maximum Gasteiger partial charge on any atom is 0.193 e. The average Bonchev–Trinajstić information content (AvgIpc) is 2.94. The summed E-state index contributed by atoms with van der Waals surface area (Å²) in [7, 11) is 1.57. The third-order valence-corrected chi connectivity index (χ3v) is 4.55. The van der Waals surface area contributed by atoms with E-state index < -0.39 is 0 Å². The van der Waals surface area contributed by atoms with Crippen molar-refractivity contribution in [1.29, 1.82) is 0 Å². The van der Waals surface area contributed by atoms with Crippen LogP contribution in [-0.4, -0.2) is 23.3 Å². The summed E-state index contributed by atoms with van der Waals surface area (Å²) < 4.78 is 5.10. The smallest absolute Gasteiger partial charge is 0.193 e. The second-order valence-electron chi connectivity index (χ2n) is 5.93. The molecule has 1 heterocycles. The molecule has 0 spiro atoms. The molecular formula is C15H21ClIN5OS. The normalized spacial score (nSPS) is 11.8. The first-order valence-corrected chi connectivity index (χ1v) is 8.22. The van der Waals surface area contributed by atoms with Crippen LogP contribution in [0.1, 0.15) is 30.8 Å². The number of hydrogen-bond acceptors (Lipinski definition) is 5. The van der Waals surface area contributed by atoms with Gasteiger partial charge in [0.15, 0.2) is 5.96 Å². The monoisotopic (exact) mass is 481 g/mol. The van der Waals surface area contributed by atoms with Crippen molar-refractivity contribution >= 4 is 58.6 Å². The van der Waals surface area contributed by atoms with Crippen LogP contribution >= 0.6 is 46.9 Å². The lowest BCUT2D eigenvalue weighted by Gasteiger charge is -2.12. The zero-order chi connectivity index (χ0) is 17.0. The van der Waals surface area contributed by atoms with Crippen LogP contribution in [0.2, 0.25) is 5.02 Å². The molecule has 9 heteroatoms. The van der Waals surface area contributed by atoms with Gasteiger partial charge < -0.3 is 15.8 Å². The van der Waals surface area contributed by atoms with Gasteiger partial charge in [0.1, 0.15) is 15.8 Å². The third kappa shape index (κ3) is 5.75. The quantitative estimate of drug-likeness (QED) is 0.391. The van der Waals surface area contributed by atoms with E-state index in [4.69, 9.17) is 22.1 Å². The lowest BCUT2D eigenvalue weighted by atomic mass is 9.98. The van der Waals surface area contributed by atoms with Gasteiger partial charge in [-0.15, -0.1) is 34.2 Å². The first-order chi connectivity index (χ1) is 10.8. The summed E-state index contributed by atoms with van der Waals surface area (Å²) in [6.07, 6.45) is 0. The first-order valence-electron chi connectivity index (χ1n) is 7.03. The number of ether oxygens (including phenoxy) is 1. The summed E-state index contributed by atoms with van der Waals surface area (Å²) >= 11 is 7.61. The molecule has 0 aliphatic heterocycles. The molecule has 0 atom stereocenters. The second kappa shape index (κ2) is 8.82. The van der Waals surface area contributed by atoms with Crippen molar-refractivity contribution in [2.24, 2.45) is 10.7 Å². The number of aliphatic imine (C=N–C) groups is 1. The van der Waals surface area contributed by atoms with Gasteiger partial charge in [0, 0.05) is 11.1 Å². The number of benzene rings is 1. The van der Waals surface area contributed by atoms with Gasteiger partial charge in [-0.25, -0.2) is 4.99 Å². The first kappa shape index (κ1) is 20.9. The SMILES string of the molecule is COc1ccc(NC(N)=NCc2nnc(C(C)(C)C)s2)cc1Cl.I. The number of guanidine groups is 1. The van der Waals surface area contributed by atoms with Gasteiger partial charge in [-0.3, -0.25) is 0 Å². The van der Waals surface area contributed by atoms with Crippen molar-refractivity contribution in [3.63, 3.8) is 0 Å². The highest BCUT2D eigenvalue weighted by Gasteiger charge is 2.19. The van der Waals surface area contributed by atoms with Gasteiger partial charge in [-0.05, 0) is 18.2 Å². The van der Waals surface area contributed by atoms with E-state index in [2.05, 4.69) is 41.3 Å². The molecule has 0 radical (unpaired) electrons. The number of hydrogen-bond donors (Lipinski definition) is 2. The number of methoxy groups -OCH3 is 1. The van der Waals surface area contributed by atoms with E-state index in [0.717, 1.165) is 15.7 Å². The minimum atomic E-state index is -0.0106. The summed E-state index contributed by atoms with van der Waals surface area (Å²) in [5.74, 6) is 0.898. The fourth-order valence-electron chi connectivity index (χ4n) is 1.70. The number of aromatic nitrogens is 2. The van der Waals surface area contributed by atoms with Crippen LogP contribution in [0.5, 0.6) is 5.75 Å². The average molecular weight is 482 g/mol. The number of halogens is 2. The van der Waals surface area contributed by atoms with Crippen LogP contribution in [0.3, 0.4) is 0 Å². The molecule has 1 aromatic carbocycles. The largest absolute Gasteiger partial charge is 0.495 e. The summed E-state index contributed by atoms with van der Waals surface area (Å²) in [6, 6.07) is 5.31. The van der Waals surface area contributed by atoms with Crippen molar-refractivity contribution in [3.05, 3.63) is 33.2 Å². The van der Waals surface area contributed by atoms with Crippen LogP contribution in [0.4, 0.5) is 5.69 Å². The third-order valence-electron chi connectivity index (χ3n) is 2.92. The maximum absolute atomic E-state index is 6.07. The van der Waals surface area contributed by atoms with Crippen molar-refractivity contribution < 1.29 is 4.74 Å². The lowest BCUT2D eigenvalue weighted by Crippen LogP contribution is -2.22. The zero-order valence-electron chi connectivity index (χ0n) is 14.0. The topological polar surface area (TPSA) is 85.4 Å². The van der Waals surface area contributed by atoms with Crippen molar-refractivity contribution in [2.75, 3.05) is 12.4 Å². The fourth-order valence-corrected chi connectivity index (χ4v) is 2.78. The molecular weight excluding hydrogens is 461 g/mol. The second-order valence-corrected chi connectivity index (χ2v) is 7.40. The zero-order valence-corrected chi connectivity index (χ0v) is 17.9. The lowest BCUT2D eigenvalue weighted by molar-refractivity contribution is 0.415. The van der Waals surface area contributed by atoms with E-state index in [1.54, 1.807) is 30.6 Å². The summed E-state index contributed by atoms with van der Waals surface area (Å²) in [5, 5.41) is 13.6. The molecule has 0 unspecified atom stereocenters. The molecule has 2 aromatic rings. The van der Waals surface area contributed by atoms with Gasteiger partial charge in [0.25, 0.3) is 0 Å². The Morgan fingerprint density at radius 3 is 2.62 bits per heavy atom. The molecule has 0 aliphatic carbocycles. The van der Waals surface area contributed by atoms with Gasteiger partial charge >= 0.3 is 0 Å². The van der Waals surface area contributed by atoms with E-state index in [0.29, 0.717) is 23.3 Å². The maximum atomic E-state index is 6.07. The van der Waals surface area contributed by atoms with Gasteiger partial charge in [0.05, 0.1) is 18.7 Å². The van der Waals surface area contributed by atoms with E-state index in [-0.39, 0.29) is 29.4 Å². The number of nitrogens with two attached hydrogens (primary N) is 1. The Labute approximate surface area is 167 Å². The molecule has 6 nitrogen and oxygen atoms in total. The molecule has 24 heavy (non-hydrogen) atoms. The highest BCUT2D eigenvalue weighted by molar-refractivity contribution is 14.0. The van der Waals surface area contributed by atoms with Crippen LogP contribution in [-0.2, 0) is 12.0 Å². The Kier molecular flexibility index (Phi) is 7.68. The minimum Gasteiger partial charge on any atom is -0.495 e. The number of nitrogens with zero attached hydrogens (tertiary/aromatic N) is 3. The number of rotatable bonds is 4. The molecule has 2 rings (SSSR count). The standard InChI is InChI=1S/C15H20ClN5OS.HI/c1-15(2,3)13-21-20-12(23-13)8-18-14(17)19-9-5-6-11(22-4)10(16)7-9;/h5-7H,8H2,1-4H3,(H3,17,18,19);1H. The van der Waals surface area contributed by atoms with Crippen molar-refractivity contribution in [3.8, 4) is 5.75 Å². The highest BCUT2D eigenvalue weighted by atomic mass is 127. The summed E-state index contributed by atoms with van der Waals surface area (Å²) in [4.78, 5) is 4.27. The summed E-state index contributed by atoms with van der Waals surface area (Å²) in [5.41, 5.74) is 6.62. The predicted octanol–water partition coefficient (Wildman–Crippen LogP) is 4.04. The van der Waals surface area contributed by atoms with E-state index in [9.17, 15) is 0 Å². The van der Waals surface area contributed by atoms with Crippen molar-refractivity contribution in [1.82, 2.24) is 10.2 Å². The van der Waals surface area contributed by atoms with Crippen LogP contribution in [0.15, 0.2) is 23.2 Å². The highest BCUT2D eigenvalue weighted by Crippen LogP contribution is 2.27. The molecule has 0 saturated heterocycles.